The van der Waals surface area contributed by atoms with Gasteiger partial charge in [0, 0.05) is 44.6 Å². The third kappa shape index (κ3) is 6.63. The van der Waals surface area contributed by atoms with Gasteiger partial charge in [-0.25, -0.2) is 4.99 Å². The molecule has 2 N–H and O–H groups in total. The molecule has 0 bridgehead atoms. The normalized spacial score (nSPS) is 17.1. The molecule has 8 heteroatoms. The number of aromatic nitrogens is 2. The van der Waals surface area contributed by atoms with Gasteiger partial charge in [-0.05, 0) is 37.5 Å². The van der Waals surface area contributed by atoms with Crippen LogP contribution in [0.2, 0.25) is 0 Å². The minimum Gasteiger partial charge on any atom is -0.490 e. The van der Waals surface area contributed by atoms with E-state index in [1.54, 1.807) is 6.20 Å². The average Bonchev–Trinajstić information content (AvgIpc) is 3.08. The predicted octanol–water partition coefficient (Wildman–Crippen LogP) is 3.88. The van der Waals surface area contributed by atoms with Crippen molar-refractivity contribution < 1.29 is 14.2 Å². The molecule has 1 saturated carbocycles. The fourth-order valence-electron chi connectivity index (χ4n) is 3.99. The number of hydrogen-bond donors (Lipinski definition) is 2. The van der Waals surface area contributed by atoms with E-state index >= 15 is 0 Å². The summed E-state index contributed by atoms with van der Waals surface area (Å²) < 4.78 is 19.4. The van der Waals surface area contributed by atoms with Crippen LogP contribution in [-0.2, 0) is 18.3 Å². The number of hydrogen-bond acceptors (Lipinski definition) is 5. The molecular formula is C24H35N5O3. The molecule has 4 rings (SSSR count). The Morgan fingerprint density at radius 1 is 1.12 bits per heavy atom. The second kappa shape index (κ2) is 11.8. The molecule has 0 atom stereocenters. The second-order valence-electron chi connectivity index (χ2n) is 8.36. The van der Waals surface area contributed by atoms with Gasteiger partial charge in [-0.2, -0.15) is 5.10 Å². The maximum atomic E-state index is 6.05. The average molecular weight is 442 g/mol. The molecule has 0 radical (unpaired) electrons. The Hall–Kier alpha value is -2.74. The van der Waals surface area contributed by atoms with Crippen molar-refractivity contribution in [1.82, 2.24) is 15.1 Å². The van der Waals surface area contributed by atoms with Crippen LogP contribution in [-0.4, -0.2) is 48.2 Å². The summed E-state index contributed by atoms with van der Waals surface area (Å²) in [5.74, 6) is 2.27. The zero-order valence-electron chi connectivity index (χ0n) is 19.0. The van der Waals surface area contributed by atoms with Crippen molar-refractivity contribution in [2.75, 3.05) is 31.7 Å². The van der Waals surface area contributed by atoms with E-state index in [9.17, 15) is 0 Å². The highest BCUT2D eigenvalue weighted by Crippen LogP contribution is 2.32. The molecule has 8 nitrogen and oxygen atoms in total. The van der Waals surface area contributed by atoms with E-state index in [0.717, 1.165) is 54.8 Å². The summed E-state index contributed by atoms with van der Waals surface area (Å²) in [4.78, 5) is 4.76. The van der Waals surface area contributed by atoms with Gasteiger partial charge < -0.3 is 24.8 Å². The van der Waals surface area contributed by atoms with Gasteiger partial charge in [0.2, 0.25) is 0 Å². The van der Waals surface area contributed by atoms with Gasteiger partial charge in [-0.1, -0.05) is 19.3 Å². The number of rotatable bonds is 8. The van der Waals surface area contributed by atoms with Gasteiger partial charge in [-0.15, -0.1) is 0 Å². The largest absolute Gasteiger partial charge is 0.490 e. The zero-order valence-corrected chi connectivity index (χ0v) is 19.0. The van der Waals surface area contributed by atoms with Crippen LogP contribution in [0.15, 0.2) is 35.5 Å². The first kappa shape index (κ1) is 22.5. The zero-order chi connectivity index (χ0) is 22.0. The van der Waals surface area contributed by atoms with Gasteiger partial charge in [0.1, 0.15) is 0 Å². The number of ether oxygens (including phenoxy) is 3. The SMILES string of the molecule is Cn1nccc1CN=C(NCCCOC1CCCCC1)Nc1ccc2c(c1)OCCCO2. The van der Waals surface area contributed by atoms with E-state index < -0.39 is 0 Å². The molecule has 1 aliphatic heterocycles. The molecule has 2 aromatic rings. The first-order chi connectivity index (χ1) is 15.8. The summed E-state index contributed by atoms with van der Waals surface area (Å²) >= 11 is 0. The Morgan fingerprint density at radius 3 is 2.78 bits per heavy atom. The molecule has 2 aliphatic rings. The number of aliphatic imine (C=N–C) groups is 1. The van der Waals surface area contributed by atoms with Crippen molar-refractivity contribution in [3.63, 3.8) is 0 Å². The minimum atomic E-state index is 0.446. The van der Waals surface area contributed by atoms with Crippen LogP contribution in [0, 0.1) is 0 Å². The van der Waals surface area contributed by atoms with E-state index in [1.165, 1.54) is 32.1 Å². The summed E-state index contributed by atoms with van der Waals surface area (Å²) in [5.41, 5.74) is 1.95. The molecule has 0 unspecified atom stereocenters. The number of nitrogens with zero attached hydrogens (tertiary/aromatic N) is 3. The molecule has 1 aliphatic carbocycles. The summed E-state index contributed by atoms with van der Waals surface area (Å²) in [6, 6.07) is 7.88. The van der Waals surface area contributed by atoms with E-state index in [1.807, 2.05) is 36.0 Å². The smallest absolute Gasteiger partial charge is 0.196 e. The maximum absolute atomic E-state index is 6.05. The molecule has 0 spiro atoms. The highest BCUT2D eigenvalue weighted by molar-refractivity contribution is 5.93. The van der Waals surface area contributed by atoms with Crippen molar-refractivity contribution in [3.05, 3.63) is 36.2 Å². The number of anilines is 1. The Labute approximate surface area is 190 Å². The lowest BCUT2D eigenvalue weighted by Gasteiger charge is -2.22. The highest BCUT2D eigenvalue weighted by Gasteiger charge is 2.14. The fourth-order valence-corrected chi connectivity index (χ4v) is 3.99. The van der Waals surface area contributed by atoms with Crippen molar-refractivity contribution in [2.45, 2.75) is 57.6 Å². The third-order valence-corrected chi connectivity index (χ3v) is 5.85. The predicted molar refractivity (Wildman–Crippen MR) is 125 cm³/mol. The number of nitrogens with one attached hydrogen (secondary N) is 2. The number of aryl methyl sites for hydroxylation is 1. The monoisotopic (exact) mass is 441 g/mol. The lowest BCUT2D eigenvalue weighted by Crippen LogP contribution is -2.32. The number of guanidine groups is 1. The first-order valence-corrected chi connectivity index (χ1v) is 11.8. The first-order valence-electron chi connectivity index (χ1n) is 11.8. The molecule has 0 saturated heterocycles. The van der Waals surface area contributed by atoms with Gasteiger partial charge >= 0.3 is 0 Å². The van der Waals surface area contributed by atoms with Crippen LogP contribution in [0.1, 0.15) is 50.6 Å². The van der Waals surface area contributed by atoms with Crippen molar-refractivity contribution in [1.29, 1.82) is 0 Å². The molecule has 0 amide bonds. The van der Waals surface area contributed by atoms with Crippen LogP contribution >= 0.6 is 0 Å². The van der Waals surface area contributed by atoms with E-state index in [2.05, 4.69) is 15.7 Å². The lowest BCUT2D eigenvalue weighted by molar-refractivity contribution is 0.0277. The van der Waals surface area contributed by atoms with Gasteiger partial charge in [-0.3, -0.25) is 4.68 Å². The molecule has 32 heavy (non-hydrogen) atoms. The van der Waals surface area contributed by atoms with Gasteiger partial charge in [0.05, 0.1) is 31.6 Å². The molecule has 174 valence electrons. The number of fused-ring (bicyclic) bond motifs is 1. The van der Waals surface area contributed by atoms with E-state index in [-0.39, 0.29) is 0 Å². The van der Waals surface area contributed by atoms with Crippen LogP contribution in [0.3, 0.4) is 0 Å². The van der Waals surface area contributed by atoms with E-state index in [4.69, 9.17) is 19.2 Å². The fraction of sp³-hybridized carbons (Fsp3) is 0.583. The van der Waals surface area contributed by atoms with Crippen molar-refractivity contribution in [3.8, 4) is 11.5 Å². The quantitative estimate of drug-likeness (QED) is 0.368. The Bertz CT molecular complexity index is 876. The minimum absolute atomic E-state index is 0.446. The van der Waals surface area contributed by atoms with Gasteiger partial charge in [0.25, 0.3) is 0 Å². The molecular weight excluding hydrogens is 406 g/mol. The second-order valence-corrected chi connectivity index (χ2v) is 8.36. The van der Waals surface area contributed by atoms with Crippen LogP contribution in [0.4, 0.5) is 5.69 Å². The van der Waals surface area contributed by atoms with E-state index in [0.29, 0.717) is 25.9 Å². The van der Waals surface area contributed by atoms with Crippen molar-refractivity contribution in [2.24, 2.45) is 12.0 Å². The Balaban J connectivity index is 1.34. The van der Waals surface area contributed by atoms with Crippen molar-refractivity contribution >= 4 is 11.6 Å². The van der Waals surface area contributed by atoms with Crippen LogP contribution in [0.25, 0.3) is 0 Å². The topological polar surface area (TPSA) is 81.9 Å². The van der Waals surface area contributed by atoms with Gasteiger partial charge in [0.15, 0.2) is 17.5 Å². The Morgan fingerprint density at radius 2 is 1.97 bits per heavy atom. The highest BCUT2D eigenvalue weighted by atomic mass is 16.5. The summed E-state index contributed by atoms with van der Waals surface area (Å²) in [5, 5.41) is 11.1. The Kier molecular flexibility index (Phi) is 8.25. The van der Waals surface area contributed by atoms with Crippen LogP contribution < -0.4 is 20.1 Å². The maximum Gasteiger partial charge on any atom is 0.196 e. The summed E-state index contributed by atoms with van der Waals surface area (Å²) in [6.45, 7) is 3.44. The molecule has 1 fully saturated rings. The van der Waals surface area contributed by atoms with Crippen LogP contribution in [0.5, 0.6) is 11.5 Å². The summed E-state index contributed by atoms with van der Waals surface area (Å²) in [6.07, 6.45) is 10.4. The number of benzene rings is 1. The summed E-state index contributed by atoms with van der Waals surface area (Å²) in [7, 11) is 1.93. The lowest BCUT2D eigenvalue weighted by atomic mass is 9.98. The molecule has 2 heterocycles. The third-order valence-electron chi connectivity index (χ3n) is 5.85. The standard InChI is InChI=1S/C24H35N5O3/c1-29-20(11-13-27-29)18-26-24(25-12-5-14-30-21-7-3-2-4-8-21)28-19-9-10-22-23(17-19)32-16-6-15-31-22/h9-11,13,17,21H,2-8,12,14-16,18H2,1H3,(H2,25,26,28). The molecule has 1 aromatic carbocycles. The molecule has 1 aromatic heterocycles.